The highest BCUT2D eigenvalue weighted by Crippen LogP contribution is 2.30. The van der Waals surface area contributed by atoms with Crippen molar-refractivity contribution in [2.75, 3.05) is 27.2 Å². The highest BCUT2D eigenvalue weighted by molar-refractivity contribution is 7.20. The topological polar surface area (TPSA) is 41.4 Å². The quantitative estimate of drug-likeness (QED) is 0.852. The van der Waals surface area contributed by atoms with Crippen molar-refractivity contribution in [3.63, 3.8) is 0 Å². The van der Waals surface area contributed by atoms with E-state index in [1.807, 2.05) is 17.9 Å². The number of amides is 1. The van der Waals surface area contributed by atoms with Crippen molar-refractivity contribution in [2.24, 2.45) is 5.92 Å². The van der Waals surface area contributed by atoms with Crippen LogP contribution in [-0.4, -0.2) is 58.7 Å². The minimum Gasteiger partial charge on any atom is -0.338 e. The molecule has 1 amide bonds. The second-order valence-electron chi connectivity index (χ2n) is 7.48. The van der Waals surface area contributed by atoms with Gasteiger partial charge in [0.1, 0.15) is 4.83 Å². The van der Waals surface area contributed by atoms with Gasteiger partial charge in [-0.3, -0.25) is 9.48 Å². The van der Waals surface area contributed by atoms with Crippen LogP contribution in [0.2, 0.25) is 0 Å². The fourth-order valence-electron chi connectivity index (χ4n) is 3.43. The van der Waals surface area contributed by atoms with Crippen molar-refractivity contribution in [3.05, 3.63) is 16.6 Å². The third-order valence-electron chi connectivity index (χ3n) is 4.84. The minimum atomic E-state index is 0.184. The van der Waals surface area contributed by atoms with Crippen LogP contribution in [0.3, 0.4) is 0 Å². The number of hydrogen-bond donors (Lipinski definition) is 0. The van der Waals surface area contributed by atoms with Gasteiger partial charge >= 0.3 is 0 Å². The minimum absolute atomic E-state index is 0.184. The molecule has 1 aliphatic rings. The molecule has 0 aliphatic carbocycles. The molecule has 2 aromatic rings. The fourth-order valence-corrected chi connectivity index (χ4v) is 4.57. The fraction of sp³-hybridized carbons (Fsp3) is 0.667. The summed E-state index contributed by atoms with van der Waals surface area (Å²) in [5.41, 5.74) is 1.02. The van der Waals surface area contributed by atoms with Gasteiger partial charge in [-0.1, -0.05) is 13.8 Å². The Labute approximate surface area is 148 Å². The van der Waals surface area contributed by atoms with Crippen LogP contribution in [0.4, 0.5) is 0 Å². The third kappa shape index (κ3) is 3.35. The number of nitrogens with zero attached hydrogens (tertiary/aromatic N) is 4. The van der Waals surface area contributed by atoms with E-state index in [-0.39, 0.29) is 5.91 Å². The van der Waals surface area contributed by atoms with Crippen LogP contribution in [0.1, 0.15) is 42.1 Å². The van der Waals surface area contributed by atoms with Gasteiger partial charge in [-0.05, 0) is 45.8 Å². The molecule has 0 spiro atoms. The molecule has 1 fully saturated rings. The summed E-state index contributed by atoms with van der Waals surface area (Å²) in [4.78, 5) is 19.2. The predicted octanol–water partition coefficient (Wildman–Crippen LogP) is 3.23. The Balaban J connectivity index is 1.78. The lowest BCUT2D eigenvalue weighted by Gasteiger charge is -2.35. The Morgan fingerprint density at radius 2 is 2.04 bits per heavy atom. The average Bonchev–Trinajstić information content (AvgIpc) is 3.08. The number of rotatable bonds is 4. The maximum atomic E-state index is 12.9. The first-order chi connectivity index (χ1) is 11.4. The lowest BCUT2D eigenvalue weighted by atomic mass is 10.0. The highest BCUT2D eigenvalue weighted by Gasteiger charge is 2.26. The summed E-state index contributed by atoms with van der Waals surface area (Å²) >= 11 is 1.59. The number of aryl methyl sites for hydroxylation is 1. The molecular formula is C18H28N4OS. The van der Waals surface area contributed by atoms with Crippen LogP contribution >= 0.6 is 11.3 Å². The first-order valence-corrected chi connectivity index (χ1v) is 9.61. The summed E-state index contributed by atoms with van der Waals surface area (Å²) in [7, 11) is 4.24. The first kappa shape index (κ1) is 17.4. The van der Waals surface area contributed by atoms with Crippen molar-refractivity contribution in [1.29, 1.82) is 0 Å². The number of carbonyl (C=O) groups excluding carboxylic acids is 1. The van der Waals surface area contributed by atoms with Crippen molar-refractivity contribution in [2.45, 2.75) is 46.2 Å². The molecule has 0 unspecified atom stereocenters. The monoisotopic (exact) mass is 348 g/mol. The zero-order chi connectivity index (χ0) is 17.4. The lowest BCUT2D eigenvalue weighted by Crippen LogP contribution is -2.44. The van der Waals surface area contributed by atoms with Gasteiger partial charge in [0.15, 0.2) is 0 Å². The summed E-state index contributed by atoms with van der Waals surface area (Å²) in [5.74, 6) is 0.725. The molecule has 24 heavy (non-hydrogen) atoms. The Morgan fingerprint density at radius 1 is 1.38 bits per heavy atom. The van der Waals surface area contributed by atoms with E-state index in [0.717, 1.165) is 53.3 Å². The molecule has 0 saturated carbocycles. The second-order valence-corrected chi connectivity index (χ2v) is 8.51. The van der Waals surface area contributed by atoms with E-state index < -0.39 is 0 Å². The van der Waals surface area contributed by atoms with E-state index in [4.69, 9.17) is 0 Å². The number of hydrogen-bond acceptors (Lipinski definition) is 4. The van der Waals surface area contributed by atoms with Gasteiger partial charge in [0, 0.05) is 31.1 Å². The molecule has 0 radical (unpaired) electrons. The average molecular weight is 349 g/mol. The first-order valence-electron chi connectivity index (χ1n) is 8.79. The summed E-state index contributed by atoms with van der Waals surface area (Å²) in [6.45, 7) is 9.02. The van der Waals surface area contributed by atoms with E-state index >= 15 is 0 Å². The molecule has 0 atom stereocenters. The summed E-state index contributed by atoms with van der Waals surface area (Å²) in [6, 6.07) is 2.64. The zero-order valence-electron chi connectivity index (χ0n) is 15.4. The lowest BCUT2D eigenvalue weighted by molar-refractivity contribution is 0.0668. The van der Waals surface area contributed by atoms with E-state index in [1.54, 1.807) is 11.3 Å². The second kappa shape index (κ2) is 6.84. The van der Waals surface area contributed by atoms with Crippen LogP contribution in [-0.2, 0) is 6.54 Å². The molecule has 0 bridgehead atoms. The molecule has 5 nitrogen and oxygen atoms in total. The van der Waals surface area contributed by atoms with Gasteiger partial charge in [-0.2, -0.15) is 5.10 Å². The molecule has 132 valence electrons. The third-order valence-corrected chi connectivity index (χ3v) is 5.97. The van der Waals surface area contributed by atoms with Crippen LogP contribution in [0.5, 0.6) is 0 Å². The number of likely N-dealkylation sites (tertiary alicyclic amines) is 1. The normalized spacial score (nSPS) is 16.7. The summed E-state index contributed by atoms with van der Waals surface area (Å²) in [6.07, 6.45) is 2.12. The van der Waals surface area contributed by atoms with Crippen molar-refractivity contribution in [1.82, 2.24) is 19.6 Å². The number of thiophene rings is 1. The van der Waals surface area contributed by atoms with Crippen LogP contribution in [0.25, 0.3) is 10.2 Å². The SMILES string of the molecule is Cc1nn(CC(C)C)c2sc(C(=O)N3CCC(N(C)C)CC3)cc12. The van der Waals surface area contributed by atoms with Crippen LogP contribution in [0, 0.1) is 12.8 Å². The number of aromatic nitrogens is 2. The van der Waals surface area contributed by atoms with Gasteiger partial charge in [0.25, 0.3) is 5.91 Å². The molecule has 0 aromatic carbocycles. The summed E-state index contributed by atoms with van der Waals surface area (Å²) < 4.78 is 2.06. The molecular weight excluding hydrogens is 320 g/mol. The maximum Gasteiger partial charge on any atom is 0.264 e. The van der Waals surface area contributed by atoms with Crippen molar-refractivity contribution < 1.29 is 4.79 Å². The Bertz CT molecular complexity index is 723. The Morgan fingerprint density at radius 3 is 2.62 bits per heavy atom. The molecule has 1 aliphatic heterocycles. The van der Waals surface area contributed by atoms with Gasteiger partial charge in [0.05, 0.1) is 10.6 Å². The molecule has 1 saturated heterocycles. The predicted molar refractivity (Wildman–Crippen MR) is 99.8 cm³/mol. The Kier molecular flexibility index (Phi) is 4.97. The highest BCUT2D eigenvalue weighted by atomic mass is 32.1. The summed E-state index contributed by atoms with van der Waals surface area (Å²) in [5, 5.41) is 5.76. The standard InChI is InChI=1S/C18H28N4OS/c1-12(2)11-22-18-15(13(3)19-22)10-16(24-18)17(23)21-8-6-14(7-9-21)20(4)5/h10,12,14H,6-9,11H2,1-5H3. The number of fused-ring (bicyclic) bond motifs is 1. The van der Waals surface area contributed by atoms with Gasteiger partial charge < -0.3 is 9.80 Å². The smallest absolute Gasteiger partial charge is 0.264 e. The molecule has 3 rings (SSSR count). The van der Waals surface area contributed by atoms with Crippen LogP contribution < -0.4 is 0 Å². The number of piperidine rings is 1. The van der Waals surface area contributed by atoms with E-state index in [2.05, 4.69) is 42.6 Å². The number of carbonyl (C=O) groups is 1. The Hall–Kier alpha value is -1.40. The van der Waals surface area contributed by atoms with Crippen molar-refractivity contribution in [3.8, 4) is 0 Å². The van der Waals surface area contributed by atoms with Gasteiger partial charge in [-0.25, -0.2) is 0 Å². The molecule has 0 N–H and O–H groups in total. The van der Waals surface area contributed by atoms with E-state index in [1.165, 1.54) is 0 Å². The van der Waals surface area contributed by atoms with E-state index in [9.17, 15) is 4.79 Å². The largest absolute Gasteiger partial charge is 0.338 e. The zero-order valence-corrected chi connectivity index (χ0v) is 16.2. The van der Waals surface area contributed by atoms with Gasteiger partial charge in [0.2, 0.25) is 0 Å². The maximum absolute atomic E-state index is 12.9. The van der Waals surface area contributed by atoms with Crippen LogP contribution in [0.15, 0.2) is 6.07 Å². The van der Waals surface area contributed by atoms with E-state index in [0.29, 0.717) is 12.0 Å². The molecule has 2 aromatic heterocycles. The molecule has 3 heterocycles. The van der Waals surface area contributed by atoms with Gasteiger partial charge in [-0.15, -0.1) is 11.3 Å². The van der Waals surface area contributed by atoms with Crippen molar-refractivity contribution >= 4 is 27.5 Å². The molecule has 6 heteroatoms.